The van der Waals surface area contributed by atoms with Gasteiger partial charge >= 0.3 is 0 Å². The van der Waals surface area contributed by atoms with Gasteiger partial charge in [-0.3, -0.25) is 9.59 Å². The van der Waals surface area contributed by atoms with Crippen molar-refractivity contribution in [3.05, 3.63) is 90.5 Å². The molecule has 0 radical (unpaired) electrons. The number of hydrogen-bond acceptors (Lipinski definition) is 3. The summed E-state index contributed by atoms with van der Waals surface area (Å²) < 4.78 is 0. The molecule has 5 nitrogen and oxygen atoms in total. The van der Waals surface area contributed by atoms with E-state index in [9.17, 15) is 9.59 Å². The van der Waals surface area contributed by atoms with Gasteiger partial charge < -0.3 is 4.90 Å². The van der Waals surface area contributed by atoms with Gasteiger partial charge in [-0.15, -0.1) is 0 Å². The molecular weight excluding hydrogens is 374 g/mol. The van der Waals surface area contributed by atoms with Crippen molar-refractivity contribution in [2.45, 2.75) is 19.8 Å². The van der Waals surface area contributed by atoms with Crippen molar-refractivity contribution in [3.63, 3.8) is 0 Å². The minimum absolute atomic E-state index is 0.0896. The minimum atomic E-state index is -0.217. The number of carbonyl (C=O) groups is 2. The number of nitrogens with zero attached hydrogens (tertiary/aromatic N) is 2. The second kappa shape index (κ2) is 10.2. The molecular formula is C25H25N3O2. The van der Waals surface area contributed by atoms with Crippen LogP contribution < -0.4 is 10.3 Å². The summed E-state index contributed by atoms with van der Waals surface area (Å²) in [5.41, 5.74) is 7.06. The molecule has 0 fully saturated rings. The summed E-state index contributed by atoms with van der Waals surface area (Å²) in [6.45, 7) is 1.73. The first-order valence-electron chi connectivity index (χ1n) is 9.81. The minimum Gasteiger partial charge on any atom is -0.315 e. The number of benzene rings is 3. The van der Waals surface area contributed by atoms with Crippen LogP contribution in [0, 0.1) is 0 Å². The predicted octanol–water partition coefficient (Wildman–Crippen LogP) is 4.44. The van der Waals surface area contributed by atoms with Gasteiger partial charge in [0.15, 0.2) is 0 Å². The summed E-state index contributed by atoms with van der Waals surface area (Å²) in [6, 6.07) is 27.4. The number of carbonyl (C=O) groups excluding carboxylic acids is 2. The van der Waals surface area contributed by atoms with E-state index >= 15 is 0 Å². The molecule has 0 aliphatic carbocycles. The van der Waals surface area contributed by atoms with E-state index in [0.29, 0.717) is 5.71 Å². The summed E-state index contributed by atoms with van der Waals surface area (Å²) in [7, 11) is 1.72. The van der Waals surface area contributed by atoms with Gasteiger partial charge in [-0.1, -0.05) is 72.8 Å². The van der Waals surface area contributed by atoms with Crippen molar-refractivity contribution in [2.75, 3.05) is 11.9 Å². The van der Waals surface area contributed by atoms with Crippen LogP contribution in [0.15, 0.2) is 90.0 Å². The average molecular weight is 399 g/mol. The van der Waals surface area contributed by atoms with Gasteiger partial charge in [0.2, 0.25) is 11.8 Å². The molecule has 0 spiro atoms. The Morgan fingerprint density at radius 3 is 2.03 bits per heavy atom. The standard InChI is InChI=1S/C25H25N3O2/c1-19(17-25(30)28(2)23-11-7-4-8-12-23)26-27-24(29)18-20-13-15-22(16-14-20)21-9-5-3-6-10-21/h3-16H,17-18H2,1-2H3,(H,27,29)/b26-19-. The van der Waals surface area contributed by atoms with Crippen molar-refractivity contribution in [1.82, 2.24) is 5.43 Å². The SMILES string of the molecule is C/C(CC(=O)N(C)c1ccccc1)=N/NC(=O)Cc1ccc(-c2ccccc2)cc1. The van der Waals surface area contributed by atoms with E-state index in [-0.39, 0.29) is 24.7 Å². The zero-order valence-corrected chi connectivity index (χ0v) is 17.2. The molecule has 3 rings (SSSR count). The first kappa shape index (κ1) is 21.0. The van der Waals surface area contributed by atoms with E-state index in [1.54, 1.807) is 18.9 Å². The van der Waals surface area contributed by atoms with Crippen LogP contribution in [0.2, 0.25) is 0 Å². The highest BCUT2D eigenvalue weighted by Gasteiger charge is 2.12. The Kier molecular flexibility index (Phi) is 7.11. The number of amides is 2. The van der Waals surface area contributed by atoms with Crippen LogP contribution in [-0.4, -0.2) is 24.6 Å². The first-order valence-corrected chi connectivity index (χ1v) is 9.81. The van der Waals surface area contributed by atoms with E-state index in [0.717, 1.165) is 22.4 Å². The van der Waals surface area contributed by atoms with Gasteiger partial charge in [-0.05, 0) is 35.7 Å². The van der Waals surface area contributed by atoms with Crippen LogP contribution >= 0.6 is 0 Å². The lowest BCUT2D eigenvalue weighted by Crippen LogP contribution is -2.28. The maximum Gasteiger partial charge on any atom is 0.244 e. The summed E-state index contributed by atoms with van der Waals surface area (Å²) in [5, 5.41) is 4.07. The van der Waals surface area contributed by atoms with Gasteiger partial charge in [-0.25, -0.2) is 5.43 Å². The third-order valence-electron chi connectivity index (χ3n) is 4.72. The molecule has 2 amide bonds. The van der Waals surface area contributed by atoms with Crippen LogP contribution in [0.4, 0.5) is 5.69 Å². The molecule has 0 atom stereocenters. The molecule has 3 aromatic rings. The summed E-state index contributed by atoms with van der Waals surface area (Å²) in [5.74, 6) is -0.307. The molecule has 0 aliphatic rings. The van der Waals surface area contributed by atoms with Gasteiger partial charge in [-0.2, -0.15) is 5.10 Å². The third-order valence-corrected chi connectivity index (χ3v) is 4.72. The number of hydrazone groups is 1. The highest BCUT2D eigenvalue weighted by atomic mass is 16.2. The molecule has 0 bridgehead atoms. The molecule has 3 aromatic carbocycles. The maximum absolute atomic E-state index is 12.4. The van der Waals surface area contributed by atoms with Crippen molar-refractivity contribution in [3.8, 4) is 11.1 Å². The topological polar surface area (TPSA) is 61.8 Å². The average Bonchev–Trinajstić information content (AvgIpc) is 2.79. The van der Waals surface area contributed by atoms with E-state index in [4.69, 9.17) is 0 Å². The van der Waals surface area contributed by atoms with E-state index < -0.39 is 0 Å². The number of anilines is 1. The molecule has 152 valence electrons. The largest absolute Gasteiger partial charge is 0.315 e. The van der Waals surface area contributed by atoms with Crippen molar-refractivity contribution in [2.24, 2.45) is 5.10 Å². The molecule has 0 saturated heterocycles. The normalized spacial score (nSPS) is 11.1. The first-order chi connectivity index (χ1) is 14.5. The van der Waals surface area contributed by atoms with Gasteiger partial charge in [0.25, 0.3) is 0 Å². The third kappa shape index (κ3) is 5.88. The zero-order chi connectivity index (χ0) is 21.3. The summed E-state index contributed by atoms with van der Waals surface area (Å²) in [4.78, 5) is 26.1. The lowest BCUT2D eigenvalue weighted by atomic mass is 10.0. The molecule has 30 heavy (non-hydrogen) atoms. The number of nitrogens with one attached hydrogen (secondary N) is 1. The number of hydrogen-bond donors (Lipinski definition) is 1. The van der Waals surface area contributed by atoms with Crippen molar-refractivity contribution >= 4 is 23.2 Å². The molecule has 0 saturated carbocycles. The lowest BCUT2D eigenvalue weighted by molar-refractivity contribution is -0.120. The van der Waals surface area contributed by atoms with Gasteiger partial charge in [0.05, 0.1) is 12.8 Å². The number of para-hydroxylation sites is 1. The zero-order valence-electron chi connectivity index (χ0n) is 17.2. The van der Waals surface area contributed by atoms with Crippen LogP contribution in [0.25, 0.3) is 11.1 Å². The Labute approximate surface area is 177 Å². The monoisotopic (exact) mass is 399 g/mol. The lowest BCUT2D eigenvalue weighted by Gasteiger charge is -2.17. The highest BCUT2D eigenvalue weighted by Crippen LogP contribution is 2.19. The fourth-order valence-corrected chi connectivity index (χ4v) is 3.00. The molecule has 5 heteroatoms. The Balaban J connectivity index is 1.50. The molecule has 0 aromatic heterocycles. The van der Waals surface area contributed by atoms with Gasteiger partial charge in [0, 0.05) is 18.4 Å². The van der Waals surface area contributed by atoms with Crippen LogP contribution in [0.5, 0.6) is 0 Å². The second-order valence-corrected chi connectivity index (χ2v) is 7.09. The van der Waals surface area contributed by atoms with E-state index in [1.807, 2.05) is 72.8 Å². The Hall–Kier alpha value is -3.73. The Morgan fingerprint density at radius 1 is 0.833 bits per heavy atom. The van der Waals surface area contributed by atoms with E-state index in [2.05, 4.69) is 22.7 Å². The van der Waals surface area contributed by atoms with Crippen LogP contribution in [0.1, 0.15) is 18.9 Å². The summed E-state index contributed by atoms with van der Waals surface area (Å²) >= 11 is 0. The summed E-state index contributed by atoms with van der Waals surface area (Å²) in [6.07, 6.45) is 0.362. The fourth-order valence-electron chi connectivity index (χ4n) is 3.00. The Morgan fingerprint density at radius 2 is 1.40 bits per heavy atom. The second-order valence-electron chi connectivity index (χ2n) is 7.09. The quantitative estimate of drug-likeness (QED) is 0.472. The van der Waals surface area contributed by atoms with Crippen molar-refractivity contribution in [1.29, 1.82) is 0 Å². The molecule has 1 N–H and O–H groups in total. The molecule has 0 aliphatic heterocycles. The van der Waals surface area contributed by atoms with Crippen LogP contribution in [-0.2, 0) is 16.0 Å². The fraction of sp³-hybridized carbons (Fsp3) is 0.160. The van der Waals surface area contributed by atoms with E-state index in [1.165, 1.54) is 0 Å². The molecule has 0 heterocycles. The van der Waals surface area contributed by atoms with Crippen LogP contribution in [0.3, 0.4) is 0 Å². The highest BCUT2D eigenvalue weighted by molar-refractivity contribution is 6.06. The smallest absolute Gasteiger partial charge is 0.244 e. The molecule has 0 unspecified atom stereocenters. The maximum atomic E-state index is 12.4. The van der Waals surface area contributed by atoms with Gasteiger partial charge in [0.1, 0.15) is 0 Å². The number of rotatable bonds is 7. The predicted molar refractivity (Wildman–Crippen MR) is 121 cm³/mol. The Bertz CT molecular complexity index is 1010. The van der Waals surface area contributed by atoms with Crippen molar-refractivity contribution < 1.29 is 9.59 Å².